The summed E-state index contributed by atoms with van der Waals surface area (Å²) in [6.07, 6.45) is -3.65. The molecule has 0 unspecified atom stereocenters. The predicted octanol–water partition coefficient (Wildman–Crippen LogP) is 1.99. The minimum absolute atomic E-state index is 0.124. The first kappa shape index (κ1) is 12.1. The Kier molecular flexibility index (Phi) is 3.82. The standard InChI is InChI=1S/C9H15F3N2O/c1-2-13-8(15)14-5-3-4-7(6-14)9(10,11)12/h7H,2-6H2,1H3,(H,13,15)/t7-/m0/s1. The van der Waals surface area contributed by atoms with Crippen LogP contribution >= 0.6 is 0 Å². The van der Waals surface area contributed by atoms with E-state index in [2.05, 4.69) is 5.32 Å². The largest absolute Gasteiger partial charge is 0.393 e. The monoisotopic (exact) mass is 224 g/mol. The van der Waals surface area contributed by atoms with E-state index in [4.69, 9.17) is 0 Å². The summed E-state index contributed by atoms with van der Waals surface area (Å²) < 4.78 is 37.2. The van der Waals surface area contributed by atoms with Gasteiger partial charge in [-0.1, -0.05) is 0 Å². The summed E-state index contributed by atoms with van der Waals surface area (Å²) in [4.78, 5) is 12.6. The number of urea groups is 1. The number of alkyl halides is 3. The maximum atomic E-state index is 12.4. The first-order valence-corrected chi connectivity index (χ1v) is 5.04. The highest BCUT2D eigenvalue weighted by atomic mass is 19.4. The van der Waals surface area contributed by atoms with Gasteiger partial charge in [0, 0.05) is 19.6 Å². The van der Waals surface area contributed by atoms with Crippen molar-refractivity contribution in [2.75, 3.05) is 19.6 Å². The van der Waals surface area contributed by atoms with Gasteiger partial charge in [-0.05, 0) is 19.8 Å². The van der Waals surface area contributed by atoms with E-state index in [0.29, 0.717) is 19.5 Å². The lowest BCUT2D eigenvalue weighted by Crippen LogP contribution is -2.48. The number of hydrogen-bond acceptors (Lipinski definition) is 1. The average molecular weight is 224 g/mol. The lowest BCUT2D eigenvalue weighted by atomic mass is 9.98. The highest BCUT2D eigenvalue weighted by molar-refractivity contribution is 5.74. The van der Waals surface area contributed by atoms with Crippen molar-refractivity contribution in [3.8, 4) is 0 Å². The number of likely N-dealkylation sites (tertiary alicyclic amines) is 1. The number of nitrogens with one attached hydrogen (secondary N) is 1. The molecule has 2 amide bonds. The van der Waals surface area contributed by atoms with Gasteiger partial charge in [0.15, 0.2) is 0 Å². The molecule has 15 heavy (non-hydrogen) atoms. The second-order valence-electron chi connectivity index (χ2n) is 3.66. The molecule has 3 nitrogen and oxygen atoms in total. The molecule has 0 aromatic heterocycles. The van der Waals surface area contributed by atoms with E-state index in [0.717, 1.165) is 0 Å². The van der Waals surface area contributed by atoms with Crippen LogP contribution in [-0.2, 0) is 0 Å². The quantitative estimate of drug-likeness (QED) is 0.725. The van der Waals surface area contributed by atoms with Crippen LogP contribution in [0.2, 0.25) is 0 Å². The normalized spacial score (nSPS) is 22.7. The Balaban J connectivity index is 2.52. The third-order valence-corrected chi connectivity index (χ3v) is 2.50. The van der Waals surface area contributed by atoms with E-state index in [1.54, 1.807) is 6.92 Å². The van der Waals surface area contributed by atoms with Crippen LogP contribution in [0.4, 0.5) is 18.0 Å². The summed E-state index contributed by atoms with van der Waals surface area (Å²) in [5, 5.41) is 2.51. The zero-order chi connectivity index (χ0) is 11.5. The Bertz CT molecular complexity index is 230. The van der Waals surface area contributed by atoms with Crippen molar-refractivity contribution in [2.45, 2.75) is 25.9 Å². The number of amides is 2. The Morgan fingerprint density at radius 3 is 2.73 bits per heavy atom. The van der Waals surface area contributed by atoms with Crippen LogP contribution in [0.25, 0.3) is 0 Å². The third kappa shape index (κ3) is 3.28. The molecule has 1 N–H and O–H groups in total. The van der Waals surface area contributed by atoms with Gasteiger partial charge in [0.05, 0.1) is 5.92 Å². The summed E-state index contributed by atoms with van der Waals surface area (Å²) in [5.74, 6) is -1.37. The SMILES string of the molecule is CCNC(=O)N1CCC[C@H](C(F)(F)F)C1. The highest BCUT2D eigenvalue weighted by Crippen LogP contribution is 2.32. The lowest BCUT2D eigenvalue weighted by molar-refractivity contribution is -0.183. The number of carbonyl (C=O) groups excluding carboxylic acids is 1. The molecular weight excluding hydrogens is 209 g/mol. The van der Waals surface area contributed by atoms with Crippen LogP contribution in [0.1, 0.15) is 19.8 Å². The van der Waals surface area contributed by atoms with Crippen molar-refractivity contribution in [1.82, 2.24) is 10.2 Å². The molecule has 0 spiro atoms. The molecule has 1 aliphatic heterocycles. The first-order chi connectivity index (χ1) is 6.95. The van der Waals surface area contributed by atoms with Gasteiger partial charge in [-0.3, -0.25) is 0 Å². The van der Waals surface area contributed by atoms with Gasteiger partial charge in [-0.2, -0.15) is 13.2 Å². The van der Waals surface area contributed by atoms with Crippen molar-refractivity contribution < 1.29 is 18.0 Å². The number of nitrogens with zero attached hydrogens (tertiary/aromatic N) is 1. The van der Waals surface area contributed by atoms with Gasteiger partial charge in [0.2, 0.25) is 0 Å². The third-order valence-electron chi connectivity index (χ3n) is 2.50. The van der Waals surface area contributed by atoms with Gasteiger partial charge in [0.25, 0.3) is 0 Å². The summed E-state index contributed by atoms with van der Waals surface area (Å²) in [7, 11) is 0. The fourth-order valence-electron chi connectivity index (χ4n) is 1.69. The van der Waals surface area contributed by atoms with Crippen LogP contribution in [-0.4, -0.2) is 36.7 Å². The maximum Gasteiger partial charge on any atom is 0.393 e. The molecule has 1 aliphatic rings. The van der Waals surface area contributed by atoms with Crippen molar-refractivity contribution in [3.63, 3.8) is 0 Å². The minimum atomic E-state index is -4.19. The van der Waals surface area contributed by atoms with Gasteiger partial charge >= 0.3 is 12.2 Å². The topological polar surface area (TPSA) is 32.3 Å². The fourth-order valence-corrected chi connectivity index (χ4v) is 1.69. The molecule has 1 rings (SSSR count). The molecule has 1 heterocycles. The van der Waals surface area contributed by atoms with Crippen LogP contribution in [0.15, 0.2) is 0 Å². The average Bonchev–Trinajstić information content (AvgIpc) is 2.17. The Labute approximate surface area is 86.6 Å². The van der Waals surface area contributed by atoms with Crippen LogP contribution in [0.3, 0.4) is 0 Å². The van der Waals surface area contributed by atoms with Crippen molar-refractivity contribution in [2.24, 2.45) is 5.92 Å². The zero-order valence-corrected chi connectivity index (χ0v) is 8.60. The van der Waals surface area contributed by atoms with Crippen molar-refractivity contribution in [3.05, 3.63) is 0 Å². The van der Waals surface area contributed by atoms with E-state index in [9.17, 15) is 18.0 Å². The smallest absolute Gasteiger partial charge is 0.338 e. The number of hydrogen-bond donors (Lipinski definition) is 1. The van der Waals surface area contributed by atoms with Crippen LogP contribution in [0, 0.1) is 5.92 Å². The highest BCUT2D eigenvalue weighted by Gasteiger charge is 2.42. The maximum absolute atomic E-state index is 12.4. The molecule has 0 radical (unpaired) electrons. The van der Waals surface area contributed by atoms with E-state index in [1.807, 2.05) is 0 Å². The molecular formula is C9H15F3N2O. The Morgan fingerprint density at radius 2 is 2.20 bits per heavy atom. The number of halogens is 3. The van der Waals surface area contributed by atoms with Crippen molar-refractivity contribution >= 4 is 6.03 Å². The molecule has 6 heteroatoms. The molecule has 1 fully saturated rings. The fraction of sp³-hybridized carbons (Fsp3) is 0.889. The zero-order valence-electron chi connectivity index (χ0n) is 8.60. The Hall–Kier alpha value is -0.940. The molecule has 0 aliphatic carbocycles. The van der Waals surface area contributed by atoms with E-state index >= 15 is 0 Å². The Morgan fingerprint density at radius 1 is 1.53 bits per heavy atom. The number of rotatable bonds is 1. The number of piperidine rings is 1. The molecule has 0 bridgehead atoms. The van der Waals surface area contributed by atoms with Gasteiger partial charge < -0.3 is 10.2 Å². The second-order valence-corrected chi connectivity index (χ2v) is 3.66. The first-order valence-electron chi connectivity index (χ1n) is 5.04. The molecule has 1 saturated heterocycles. The number of carbonyl (C=O) groups is 1. The summed E-state index contributed by atoms with van der Waals surface area (Å²) in [6, 6.07) is -0.397. The van der Waals surface area contributed by atoms with Crippen molar-refractivity contribution in [1.29, 1.82) is 0 Å². The summed E-state index contributed by atoms with van der Waals surface area (Å²) >= 11 is 0. The van der Waals surface area contributed by atoms with Crippen LogP contribution < -0.4 is 5.32 Å². The molecule has 0 aromatic rings. The van der Waals surface area contributed by atoms with Gasteiger partial charge in [-0.25, -0.2) is 4.79 Å². The van der Waals surface area contributed by atoms with Crippen LogP contribution in [0.5, 0.6) is 0 Å². The van der Waals surface area contributed by atoms with Gasteiger partial charge in [-0.15, -0.1) is 0 Å². The molecule has 0 aromatic carbocycles. The van der Waals surface area contributed by atoms with E-state index < -0.39 is 18.1 Å². The van der Waals surface area contributed by atoms with E-state index in [1.165, 1.54) is 4.90 Å². The molecule has 1 atom stereocenters. The minimum Gasteiger partial charge on any atom is -0.338 e. The van der Waals surface area contributed by atoms with E-state index in [-0.39, 0.29) is 13.0 Å². The second kappa shape index (κ2) is 4.72. The lowest BCUT2D eigenvalue weighted by Gasteiger charge is -2.33. The molecule has 0 saturated carbocycles. The molecule has 88 valence electrons. The summed E-state index contributed by atoms with van der Waals surface area (Å²) in [5.41, 5.74) is 0. The predicted molar refractivity (Wildman–Crippen MR) is 49.4 cm³/mol. The summed E-state index contributed by atoms with van der Waals surface area (Å²) in [6.45, 7) is 2.38. The van der Waals surface area contributed by atoms with Gasteiger partial charge in [0.1, 0.15) is 0 Å².